The quantitative estimate of drug-likeness (QED) is 0.508. The number of ether oxygens (including phenoxy) is 2. The van der Waals surface area contributed by atoms with E-state index in [2.05, 4.69) is 10.4 Å². The largest absolute Gasteiger partial charge is 0.488 e. The van der Waals surface area contributed by atoms with Crippen molar-refractivity contribution in [3.8, 4) is 5.75 Å². The topological polar surface area (TPSA) is 82.5 Å². The summed E-state index contributed by atoms with van der Waals surface area (Å²) in [7, 11) is 0. The monoisotopic (exact) mass is 435 g/mol. The van der Waals surface area contributed by atoms with Gasteiger partial charge in [0.25, 0.3) is 5.91 Å². The second-order valence-corrected chi connectivity index (χ2v) is 7.86. The van der Waals surface area contributed by atoms with Crippen LogP contribution in [0.2, 0.25) is 0 Å². The van der Waals surface area contributed by atoms with E-state index in [4.69, 9.17) is 9.47 Å². The molecule has 1 heterocycles. The molecule has 0 radical (unpaired) electrons. The highest BCUT2D eigenvalue weighted by molar-refractivity contribution is 6.07. The van der Waals surface area contributed by atoms with Crippen molar-refractivity contribution >= 4 is 17.6 Å². The highest BCUT2D eigenvalue weighted by Gasteiger charge is 2.21. The number of nitrogens with one attached hydrogen (secondary N) is 1. The van der Waals surface area contributed by atoms with Crippen LogP contribution >= 0.6 is 0 Å². The molecule has 7 nitrogen and oxygen atoms in total. The Morgan fingerprint density at radius 2 is 1.72 bits per heavy atom. The van der Waals surface area contributed by atoms with E-state index in [-0.39, 0.29) is 17.7 Å². The van der Waals surface area contributed by atoms with Gasteiger partial charge in [-0.15, -0.1) is 0 Å². The molecule has 1 N–H and O–H groups in total. The van der Waals surface area contributed by atoms with E-state index in [9.17, 15) is 9.59 Å². The number of para-hydroxylation sites is 1. The molecule has 0 atom stereocenters. The number of nitrogens with zero attached hydrogens (tertiary/aromatic N) is 2. The minimum atomic E-state index is -0.568. The van der Waals surface area contributed by atoms with Crippen LogP contribution in [-0.4, -0.2) is 27.8 Å². The van der Waals surface area contributed by atoms with Crippen molar-refractivity contribution in [1.82, 2.24) is 9.78 Å². The number of carbonyl (C=O) groups excluding carboxylic acids is 2. The second kappa shape index (κ2) is 10.1. The summed E-state index contributed by atoms with van der Waals surface area (Å²) in [5, 5.41) is 6.99. The van der Waals surface area contributed by atoms with Gasteiger partial charge >= 0.3 is 5.97 Å². The average Bonchev–Trinajstić information content (AvgIpc) is 3.16. The second-order valence-electron chi connectivity index (χ2n) is 7.86. The first-order chi connectivity index (χ1) is 15.3. The maximum absolute atomic E-state index is 12.8. The molecule has 0 saturated heterocycles. The zero-order chi connectivity index (χ0) is 23.3. The van der Waals surface area contributed by atoms with Gasteiger partial charge in [-0.25, -0.2) is 4.79 Å². The van der Waals surface area contributed by atoms with E-state index in [0.717, 1.165) is 22.4 Å². The van der Waals surface area contributed by atoms with Crippen molar-refractivity contribution in [2.45, 2.75) is 53.9 Å². The van der Waals surface area contributed by atoms with Crippen molar-refractivity contribution < 1.29 is 19.1 Å². The maximum Gasteiger partial charge on any atom is 0.361 e. The molecule has 1 aromatic heterocycles. The van der Waals surface area contributed by atoms with E-state index in [0.29, 0.717) is 24.4 Å². The van der Waals surface area contributed by atoms with Crippen LogP contribution in [0.3, 0.4) is 0 Å². The van der Waals surface area contributed by atoms with Crippen molar-refractivity contribution in [2.75, 3.05) is 5.32 Å². The summed E-state index contributed by atoms with van der Waals surface area (Å²) in [6.07, 6.45) is 1.35. The van der Waals surface area contributed by atoms with E-state index >= 15 is 0 Å². The van der Waals surface area contributed by atoms with Gasteiger partial charge in [0.1, 0.15) is 12.4 Å². The van der Waals surface area contributed by atoms with Crippen molar-refractivity contribution in [2.24, 2.45) is 0 Å². The van der Waals surface area contributed by atoms with Crippen LogP contribution in [0.15, 0.2) is 48.7 Å². The standard InChI is InChI=1S/C25H29N3O4/c1-6-28-14-21(22(27-28)25(30)32-16(2)3)26-24(29)20-12-10-19(11-13-20)15-31-23-17(4)8-7-9-18(23)5/h7-14,16H,6,15H2,1-5H3,(H,26,29). The molecular weight excluding hydrogens is 406 g/mol. The molecule has 7 heteroatoms. The maximum atomic E-state index is 12.8. The minimum Gasteiger partial charge on any atom is -0.488 e. The third-order valence-corrected chi connectivity index (χ3v) is 4.88. The van der Waals surface area contributed by atoms with Gasteiger partial charge in [0.2, 0.25) is 0 Å². The first-order valence-corrected chi connectivity index (χ1v) is 10.7. The highest BCUT2D eigenvalue weighted by atomic mass is 16.5. The number of aromatic nitrogens is 2. The molecule has 0 saturated carbocycles. The number of rotatable bonds is 8. The van der Waals surface area contributed by atoms with Gasteiger partial charge in [0, 0.05) is 18.3 Å². The number of carbonyl (C=O) groups is 2. The molecule has 0 spiro atoms. The van der Waals surface area contributed by atoms with E-state index in [1.165, 1.54) is 0 Å². The molecule has 0 aliphatic carbocycles. The average molecular weight is 436 g/mol. The summed E-state index contributed by atoms with van der Waals surface area (Å²) in [5.41, 5.74) is 4.00. The smallest absolute Gasteiger partial charge is 0.361 e. The molecule has 1 amide bonds. The van der Waals surface area contributed by atoms with Crippen molar-refractivity contribution in [1.29, 1.82) is 0 Å². The lowest BCUT2D eigenvalue weighted by molar-refractivity contribution is 0.0371. The number of hydrogen-bond donors (Lipinski definition) is 1. The Labute approximate surface area is 188 Å². The predicted molar refractivity (Wildman–Crippen MR) is 123 cm³/mol. The molecule has 0 unspecified atom stereocenters. The first kappa shape index (κ1) is 23.1. The zero-order valence-electron chi connectivity index (χ0n) is 19.1. The third-order valence-electron chi connectivity index (χ3n) is 4.88. The van der Waals surface area contributed by atoms with Gasteiger partial charge in [-0.05, 0) is 63.4 Å². The molecule has 168 valence electrons. The van der Waals surface area contributed by atoms with Crippen LogP contribution in [0.1, 0.15) is 58.3 Å². The van der Waals surface area contributed by atoms with Gasteiger partial charge in [-0.2, -0.15) is 5.10 Å². The Balaban J connectivity index is 1.69. The molecule has 0 aliphatic rings. The predicted octanol–water partition coefficient (Wildman–Crippen LogP) is 4.92. The fourth-order valence-electron chi connectivity index (χ4n) is 3.22. The summed E-state index contributed by atoms with van der Waals surface area (Å²) < 4.78 is 12.8. The normalized spacial score (nSPS) is 10.8. The molecule has 3 rings (SSSR count). The van der Waals surface area contributed by atoms with Crippen LogP contribution in [0.4, 0.5) is 5.69 Å². The molecule has 2 aromatic carbocycles. The molecule has 0 aliphatic heterocycles. The number of benzene rings is 2. The third kappa shape index (κ3) is 5.55. The number of amides is 1. The lowest BCUT2D eigenvalue weighted by atomic mass is 10.1. The van der Waals surface area contributed by atoms with Crippen LogP contribution in [0.5, 0.6) is 5.75 Å². The molecular formula is C25H29N3O4. The lowest BCUT2D eigenvalue weighted by Crippen LogP contribution is -2.17. The summed E-state index contributed by atoms with van der Waals surface area (Å²) in [5.74, 6) is -0.0222. The summed E-state index contributed by atoms with van der Waals surface area (Å²) >= 11 is 0. The lowest BCUT2D eigenvalue weighted by Gasteiger charge is -2.12. The summed E-state index contributed by atoms with van der Waals surface area (Å²) in [6, 6.07) is 13.2. The van der Waals surface area contributed by atoms with Gasteiger partial charge < -0.3 is 14.8 Å². The first-order valence-electron chi connectivity index (χ1n) is 10.7. The van der Waals surface area contributed by atoms with Gasteiger partial charge in [0.05, 0.1) is 11.8 Å². The van der Waals surface area contributed by atoms with Gasteiger partial charge in [-0.3, -0.25) is 9.48 Å². The Bertz CT molecular complexity index is 1080. The van der Waals surface area contributed by atoms with Crippen LogP contribution in [-0.2, 0) is 17.9 Å². The molecule has 0 fully saturated rings. The van der Waals surface area contributed by atoms with E-state index in [1.54, 1.807) is 36.9 Å². The van der Waals surface area contributed by atoms with Crippen LogP contribution in [0.25, 0.3) is 0 Å². The minimum absolute atomic E-state index is 0.0903. The fourth-order valence-corrected chi connectivity index (χ4v) is 3.22. The molecule has 3 aromatic rings. The van der Waals surface area contributed by atoms with Crippen molar-refractivity contribution in [3.05, 3.63) is 76.6 Å². The zero-order valence-corrected chi connectivity index (χ0v) is 19.1. The number of esters is 1. The van der Waals surface area contributed by atoms with Crippen molar-refractivity contribution in [3.63, 3.8) is 0 Å². The number of hydrogen-bond acceptors (Lipinski definition) is 5. The number of aryl methyl sites for hydroxylation is 3. The van der Waals surface area contributed by atoms with E-state index < -0.39 is 5.97 Å². The Morgan fingerprint density at radius 3 is 2.31 bits per heavy atom. The fraction of sp³-hybridized carbons (Fsp3) is 0.320. The Kier molecular flexibility index (Phi) is 7.30. The van der Waals surface area contributed by atoms with Gasteiger partial charge in [0.15, 0.2) is 5.69 Å². The van der Waals surface area contributed by atoms with E-state index in [1.807, 2.05) is 51.1 Å². The summed E-state index contributed by atoms with van der Waals surface area (Å²) in [4.78, 5) is 25.1. The SMILES string of the molecule is CCn1cc(NC(=O)c2ccc(COc3c(C)cccc3C)cc2)c(C(=O)OC(C)C)n1. The highest BCUT2D eigenvalue weighted by Crippen LogP contribution is 2.23. The molecule has 0 bridgehead atoms. The number of anilines is 1. The Morgan fingerprint density at radius 1 is 1.06 bits per heavy atom. The van der Waals surface area contributed by atoms with Gasteiger partial charge in [-0.1, -0.05) is 30.3 Å². The molecule has 32 heavy (non-hydrogen) atoms. The summed E-state index contributed by atoms with van der Waals surface area (Å²) in [6.45, 7) is 10.4. The Hall–Kier alpha value is -3.61. The van der Waals surface area contributed by atoms with Crippen LogP contribution in [0, 0.1) is 13.8 Å². The van der Waals surface area contributed by atoms with Crippen LogP contribution < -0.4 is 10.1 Å².